The molecule has 0 bridgehead atoms. The molecular formula is C9H16N2O2. The van der Waals surface area contributed by atoms with Crippen LogP contribution in [0.4, 0.5) is 0 Å². The Labute approximate surface area is 78.9 Å². The SMILES string of the molecule is COC(=O)CNCCC(C)(C)C#N. The molecule has 74 valence electrons. The Kier molecular flexibility index (Phi) is 5.09. The lowest BCUT2D eigenvalue weighted by Crippen LogP contribution is -2.27. The number of rotatable bonds is 5. The van der Waals surface area contributed by atoms with Crippen LogP contribution in [-0.2, 0) is 9.53 Å². The summed E-state index contributed by atoms with van der Waals surface area (Å²) in [6.45, 7) is 4.59. The van der Waals surface area contributed by atoms with Crippen molar-refractivity contribution in [2.75, 3.05) is 20.2 Å². The van der Waals surface area contributed by atoms with E-state index in [2.05, 4.69) is 16.1 Å². The third-order valence-electron chi connectivity index (χ3n) is 1.73. The summed E-state index contributed by atoms with van der Waals surface area (Å²) in [7, 11) is 1.35. The highest BCUT2D eigenvalue weighted by Gasteiger charge is 2.15. The van der Waals surface area contributed by atoms with Crippen molar-refractivity contribution in [3.05, 3.63) is 0 Å². The van der Waals surface area contributed by atoms with Gasteiger partial charge < -0.3 is 10.1 Å². The predicted molar refractivity (Wildman–Crippen MR) is 48.9 cm³/mol. The van der Waals surface area contributed by atoms with Crippen molar-refractivity contribution in [2.24, 2.45) is 5.41 Å². The van der Waals surface area contributed by atoms with E-state index in [9.17, 15) is 4.79 Å². The Morgan fingerprint density at radius 3 is 2.69 bits per heavy atom. The van der Waals surface area contributed by atoms with Crippen LogP contribution in [-0.4, -0.2) is 26.2 Å². The second kappa shape index (κ2) is 5.55. The maximum atomic E-state index is 10.7. The minimum Gasteiger partial charge on any atom is -0.468 e. The fraction of sp³-hybridized carbons (Fsp3) is 0.778. The average molecular weight is 184 g/mol. The van der Waals surface area contributed by atoms with Crippen molar-refractivity contribution in [1.82, 2.24) is 5.32 Å². The second-order valence-corrected chi connectivity index (χ2v) is 3.50. The van der Waals surface area contributed by atoms with Gasteiger partial charge in [0.15, 0.2) is 0 Å². The predicted octanol–water partition coefficient (Wildman–Crippen LogP) is 0.689. The van der Waals surface area contributed by atoms with Crippen LogP contribution in [0.25, 0.3) is 0 Å². The van der Waals surface area contributed by atoms with Crippen LogP contribution in [0.3, 0.4) is 0 Å². The van der Waals surface area contributed by atoms with Crippen molar-refractivity contribution in [3.63, 3.8) is 0 Å². The van der Waals surface area contributed by atoms with Gasteiger partial charge in [-0.25, -0.2) is 0 Å². The van der Waals surface area contributed by atoms with Crippen molar-refractivity contribution < 1.29 is 9.53 Å². The molecule has 0 aliphatic rings. The summed E-state index contributed by atoms with van der Waals surface area (Å²) in [4.78, 5) is 10.7. The minimum absolute atomic E-state index is 0.206. The summed E-state index contributed by atoms with van der Waals surface area (Å²) in [5.74, 6) is -0.283. The zero-order valence-electron chi connectivity index (χ0n) is 8.39. The van der Waals surface area contributed by atoms with Crippen LogP contribution < -0.4 is 5.32 Å². The summed E-state index contributed by atoms with van der Waals surface area (Å²) < 4.78 is 4.44. The first-order valence-electron chi connectivity index (χ1n) is 4.20. The molecular weight excluding hydrogens is 168 g/mol. The molecule has 0 rings (SSSR count). The third-order valence-corrected chi connectivity index (χ3v) is 1.73. The number of hydrogen-bond acceptors (Lipinski definition) is 4. The monoisotopic (exact) mass is 184 g/mol. The second-order valence-electron chi connectivity index (χ2n) is 3.50. The third kappa shape index (κ3) is 6.12. The zero-order chi connectivity index (χ0) is 10.3. The van der Waals surface area contributed by atoms with E-state index < -0.39 is 0 Å². The molecule has 0 aliphatic heterocycles. The van der Waals surface area contributed by atoms with Gasteiger partial charge >= 0.3 is 5.97 Å². The first-order chi connectivity index (χ1) is 6.02. The summed E-state index contributed by atoms with van der Waals surface area (Å²) >= 11 is 0. The van der Waals surface area contributed by atoms with Gasteiger partial charge in [0.05, 0.1) is 25.1 Å². The van der Waals surface area contributed by atoms with Gasteiger partial charge in [-0.2, -0.15) is 5.26 Å². The number of methoxy groups -OCH3 is 1. The maximum absolute atomic E-state index is 10.7. The lowest BCUT2D eigenvalue weighted by molar-refractivity contribution is -0.139. The fourth-order valence-electron chi connectivity index (χ4n) is 0.719. The minimum atomic E-state index is -0.330. The summed E-state index contributed by atoms with van der Waals surface area (Å²) in [6, 6.07) is 2.19. The maximum Gasteiger partial charge on any atom is 0.319 e. The highest BCUT2D eigenvalue weighted by atomic mass is 16.5. The van der Waals surface area contributed by atoms with Crippen molar-refractivity contribution in [1.29, 1.82) is 5.26 Å². The topological polar surface area (TPSA) is 62.1 Å². The number of nitriles is 1. The largest absolute Gasteiger partial charge is 0.468 e. The van der Waals surface area contributed by atoms with E-state index in [0.29, 0.717) is 6.54 Å². The van der Waals surface area contributed by atoms with E-state index in [0.717, 1.165) is 6.42 Å². The molecule has 0 aromatic carbocycles. The van der Waals surface area contributed by atoms with Crippen molar-refractivity contribution in [3.8, 4) is 6.07 Å². The molecule has 0 heterocycles. The molecule has 4 nitrogen and oxygen atoms in total. The van der Waals surface area contributed by atoms with E-state index in [4.69, 9.17) is 5.26 Å². The Balaban J connectivity index is 3.48. The molecule has 0 aromatic rings. The van der Waals surface area contributed by atoms with Crippen LogP contribution in [0.15, 0.2) is 0 Å². The standard InChI is InChI=1S/C9H16N2O2/c1-9(2,7-10)4-5-11-6-8(12)13-3/h11H,4-6H2,1-3H3. The van der Waals surface area contributed by atoms with Gasteiger partial charge in [0.25, 0.3) is 0 Å². The van der Waals surface area contributed by atoms with Gasteiger partial charge in [-0.05, 0) is 26.8 Å². The van der Waals surface area contributed by atoms with Gasteiger partial charge in [0, 0.05) is 0 Å². The Morgan fingerprint density at radius 2 is 2.23 bits per heavy atom. The van der Waals surface area contributed by atoms with E-state index in [1.54, 1.807) is 0 Å². The number of carbonyl (C=O) groups is 1. The smallest absolute Gasteiger partial charge is 0.319 e. The van der Waals surface area contributed by atoms with Gasteiger partial charge in [-0.15, -0.1) is 0 Å². The number of ether oxygens (including phenoxy) is 1. The average Bonchev–Trinajstić information content (AvgIpc) is 2.12. The number of hydrogen-bond donors (Lipinski definition) is 1. The fourth-order valence-corrected chi connectivity index (χ4v) is 0.719. The summed E-state index contributed by atoms with van der Waals surface area (Å²) in [5, 5.41) is 11.6. The normalized spacial score (nSPS) is 10.6. The van der Waals surface area contributed by atoms with Gasteiger partial charge in [-0.3, -0.25) is 4.79 Å². The van der Waals surface area contributed by atoms with Gasteiger partial charge in [-0.1, -0.05) is 0 Å². The Bertz CT molecular complexity index is 206. The van der Waals surface area contributed by atoms with E-state index >= 15 is 0 Å². The van der Waals surface area contributed by atoms with Gasteiger partial charge in [0.2, 0.25) is 0 Å². The summed E-state index contributed by atoms with van der Waals surface area (Å²) in [6.07, 6.45) is 0.723. The van der Waals surface area contributed by atoms with Crippen LogP contribution in [0.2, 0.25) is 0 Å². The van der Waals surface area contributed by atoms with E-state index in [-0.39, 0.29) is 17.9 Å². The molecule has 0 saturated carbocycles. The molecule has 0 fully saturated rings. The zero-order valence-corrected chi connectivity index (χ0v) is 8.39. The molecule has 0 unspecified atom stereocenters. The van der Waals surface area contributed by atoms with Crippen LogP contribution >= 0.6 is 0 Å². The number of carbonyl (C=O) groups excluding carboxylic acids is 1. The molecule has 0 saturated heterocycles. The van der Waals surface area contributed by atoms with Crippen LogP contribution in [0.5, 0.6) is 0 Å². The van der Waals surface area contributed by atoms with Crippen molar-refractivity contribution in [2.45, 2.75) is 20.3 Å². The lowest BCUT2D eigenvalue weighted by Gasteiger charge is -2.14. The van der Waals surface area contributed by atoms with E-state index in [1.165, 1.54) is 7.11 Å². The molecule has 13 heavy (non-hydrogen) atoms. The van der Waals surface area contributed by atoms with Crippen molar-refractivity contribution >= 4 is 5.97 Å². The quantitative estimate of drug-likeness (QED) is 0.504. The highest BCUT2D eigenvalue weighted by molar-refractivity contribution is 5.71. The van der Waals surface area contributed by atoms with Gasteiger partial charge in [0.1, 0.15) is 0 Å². The molecule has 0 amide bonds. The Morgan fingerprint density at radius 1 is 1.62 bits per heavy atom. The van der Waals surface area contributed by atoms with Crippen LogP contribution in [0.1, 0.15) is 20.3 Å². The number of esters is 1. The number of nitrogens with one attached hydrogen (secondary N) is 1. The molecule has 0 spiro atoms. The van der Waals surface area contributed by atoms with E-state index in [1.807, 2.05) is 13.8 Å². The molecule has 4 heteroatoms. The molecule has 0 radical (unpaired) electrons. The van der Waals surface area contributed by atoms with Crippen LogP contribution in [0, 0.1) is 16.7 Å². The lowest BCUT2D eigenvalue weighted by atomic mass is 9.92. The molecule has 0 aliphatic carbocycles. The first-order valence-corrected chi connectivity index (χ1v) is 4.20. The summed E-state index contributed by atoms with van der Waals surface area (Å²) in [5.41, 5.74) is -0.330. The highest BCUT2D eigenvalue weighted by Crippen LogP contribution is 2.16. The molecule has 0 aromatic heterocycles. The number of nitrogens with zero attached hydrogens (tertiary/aromatic N) is 1. The Hall–Kier alpha value is -1.08. The molecule has 0 atom stereocenters. The molecule has 1 N–H and O–H groups in total. The first kappa shape index (κ1) is 11.9.